The SMILES string of the molecule is N#CC(C#N)=C1C(=O)C2CCCC3CC(C(F)(F)F)CC1C32. The van der Waals surface area contributed by atoms with Gasteiger partial charge in [-0.25, -0.2) is 0 Å². The summed E-state index contributed by atoms with van der Waals surface area (Å²) in [5.41, 5.74) is -0.202. The van der Waals surface area contributed by atoms with E-state index in [9.17, 15) is 18.0 Å². The number of nitriles is 2. The number of ketones is 1. The van der Waals surface area contributed by atoms with Crippen molar-refractivity contribution >= 4 is 5.78 Å². The van der Waals surface area contributed by atoms with Gasteiger partial charge in [-0.2, -0.15) is 23.7 Å². The van der Waals surface area contributed by atoms with E-state index in [-0.39, 0.29) is 47.5 Å². The molecule has 0 radical (unpaired) electrons. The fourth-order valence-electron chi connectivity index (χ4n) is 4.84. The van der Waals surface area contributed by atoms with Gasteiger partial charge < -0.3 is 0 Å². The molecule has 3 saturated carbocycles. The number of alkyl halides is 3. The first-order chi connectivity index (χ1) is 10.4. The second kappa shape index (κ2) is 5.12. The summed E-state index contributed by atoms with van der Waals surface area (Å²) in [5.74, 6) is -2.77. The fraction of sp³-hybridized carbons (Fsp3) is 0.688. The standard InChI is InChI=1S/C16H15F3N2O/c17-16(18,19)10-4-8-2-1-3-11-13(8)12(5-10)14(15(11)22)9(6-20)7-21/h8,10-13H,1-5H2. The monoisotopic (exact) mass is 308 g/mol. The number of hydrogen-bond acceptors (Lipinski definition) is 3. The van der Waals surface area contributed by atoms with E-state index in [0.717, 1.165) is 6.42 Å². The van der Waals surface area contributed by atoms with Crippen LogP contribution in [0.5, 0.6) is 0 Å². The first kappa shape index (κ1) is 15.1. The van der Waals surface area contributed by atoms with Crippen LogP contribution >= 0.6 is 0 Å². The molecule has 5 atom stereocenters. The molecular formula is C16H15F3N2O. The third kappa shape index (κ3) is 2.13. The zero-order chi connectivity index (χ0) is 16.1. The summed E-state index contributed by atoms with van der Waals surface area (Å²) >= 11 is 0. The molecule has 116 valence electrons. The molecule has 0 bridgehead atoms. The Hall–Kier alpha value is -1.82. The third-order valence-electron chi connectivity index (χ3n) is 5.62. The molecule has 3 fully saturated rings. The lowest BCUT2D eigenvalue weighted by atomic mass is 9.61. The molecule has 0 aliphatic heterocycles. The van der Waals surface area contributed by atoms with Gasteiger partial charge in [-0.3, -0.25) is 4.79 Å². The molecule has 3 aliphatic carbocycles. The van der Waals surface area contributed by atoms with E-state index in [4.69, 9.17) is 10.5 Å². The van der Waals surface area contributed by atoms with Crippen molar-refractivity contribution in [3.05, 3.63) is 11.1 Å². The van der Waals surface area contributed by atoms with Crippen molar-refractivity contribution in [2.45, 2.75) is 38.3 Å². The Bertz CT molecular complexity index is 607. The summed E-state index contributed by atoms with van der Waals surface area (Å²) in [6.07, 6.45) is -2.24. The largest absolute Gasteiger partial charge is 0.391 e. The molecule has 3 rings (SSSR count). The zero-order valence-corrected chi connectivity index (χ0v) is 11.9. The molecule has 0 aromatic carbocycles. The van der Waals surface area contributed by atoms with E-state index in [2.05, 4.69) is 0 Å². The minimum atomic E-state index is -4.28. The van der Waals surface area contributed by atoms with Gasteiger partial charge in [-0.15, -0.1) is 0 Å². The highest BCUT2D eigenvalue weighted by Crippen LogP contribution is 2.58. The van der Waals surface area contributed by atoms with Crippen LogP contribution in [0, 0.1) is 52.3 Å². The lowest BCUT2D eigenvalue weighted by Crippen LogP contribution is -2.40. The van der Waals surface area contributed by atoms with E-state index >= 15 is 0 Å². The van der Waals surface area contributed by atoms with Gasteiger partial charge in [0.15, 0.2) is 5.78 Å². The quantitative estimate of drug-likeness (QED) is 0.508. The minimum Gasteiger partial charge on any atom is -0.294 e. The van der Waals surface area contributed by atoms with Crippen LogP contribution in [0.1, 0.15) is 32.1 Å². The molecule has 0 N–H and O–H groups in total. The second-order valence-corrected chi connectivity index (χ2v) is 6.57. The maximum atomic E-state index is 13.2. The van der Waals surface area contributed by atoms with E-state index in [1.54, 1.807) is 12.1 Å². The number of allylic oxidation sites excluding steroid dienone is 2. The average Bonchev–Trinajstić information content (AvgIpc) is 2.76. The zero-order valence-electron chi connectivity index (χ0n) is 11.9. The Balaban J connectivity index is 2.07. The number of halogens is 3. The van der Waals surface area contributed by atoms with Gasteiger partial charge in [0, 0.05) is 11.5 Å². The number of rotatable bonds is 0. The Morgan fingerprint density at radius 1 is 1.09 bits per heavy atom. The van der Waals surface area contributed by atoms with E-state index in [0.29, 0.717) is 12.8 Å². The van der Waals surface area contributed by atoms with Gasteiger partial charge >= 0.3 is 6.18 Å². The lowest BCUT2D eigenvalue weighted by Gasteiger charge is -2.43. The highest BCUT2D eigenvalue weighted by Gasteiger charge is 2.58. The van der Waals surface area contributed by atoms with Crippen LogP contribution in [0.25, 0.3) is 0 Å². The molecule has 0 aromatic heterocycles. The molecule has 0 spiro atoms. The van der Waals surface area contributed by atoms with Gasteiger partial charge in [-0.05, 0) is 37.0 Å². The predicted molar refractivity (Wildman–Crippen MR) is 69.8 cm³/mol. The number of nitrogens with zero attached hydrogens (tertiary/aromatic N) is 2. The van der Waals surface area contributed by atoms with E-state index in [1.807, 2.05) is 0 Å². The van der Waals surface area contributed by atoms with Crippen LogP contribution in [-0.2, 0) is 4.79 Å². The van der Waals surface area contributed by atoms with Crippen LogP contribution in [0.15, 0.2) is 11.1 Å². The molecule has 5 unspecified atom stereocenters. The van der Waals surface area contributed by atoms with Crippen molar-refractivity contribution in [1.29, 1.82) is 10.5 Å². The van der Waals surface area contributed by atoms with E-state index < -0.39 is 18.0 Å². The molecule has 6 heteroatoms. The molecule has 22 heavy (non-hydrogen) atoms. The second-order valence-electron chi connectivity index (χ2n) is 6.57. The molecule has 3 aliphatic rings. The van der Waals surface area contributed by atoms with Crippen LogP contribution in [0.3, 0.4) is 0 Å². The number of hydrogen-bond donors (Lipinski definition) is 0. The summed E-state index contributed by atoms with van der Waals surface area (Å²) in [7, 11) is 0. The smallest absolute Gasteiger partial charge is 0.294 e. The maximum Gasteiger partial charge on any atom is 0.391 e. The van der Waals surface area contributed by atoms with E-state index in [1.165, 1.54) is 0 Å². The first-order valence-corrected chi connectivity index (χ1v) is 7.53. The van der Waals surface area contributed by atoms with Crippen LogP contribution < -0.4 is 0 Å². The number of Topliss-reactive ketones (excluding diaryl/α,β-unsaturated/α-hetero) is 1. The van der Waals surface area contributed by atoms with Gasteiger partial charge in [0.1, 0.15) is 17.7 Å². The van der Waals surface area contributed by atoms with Gasteiger partial charge in [0.25, 0.3) is 0 Å². The summed E-state index contributed by atoms with van der Waals surface area (Å²) in [4.78, 5) is 12.6. The van der Waals surface area contributed by atoms with Crippen LogP contribution in [0.2, 0.25) is 0 Å². The molecule has 0 saturated heterocycles. The van der Waals surface area contributed by atoms with Crippen LogP contribution in [0.4, 0.5) is 13.2 Å². The molecule has 0 amide bonds. The first-order valence-electron chi connectivity index (χ1n) is 7.53. The Kier molecular flexibility index (Phi) is 3.51. The highest BCUT2D eigenvalue weighted by molar-refractivity contribution is 6.02. The summed E-state index contributed by atoms with van der Waals surface area (Å²) in [6.45, 7) is 0. The molecular weight excluding hydrogens is 293 g/mol. The Morgan fingerprint density at radius 2 is 1.77 bits per heavy atom. The van der Waals surface area contributed by atoms with Crippen molar-refractivity contribution in [3.8, 4) is 12.1 Å². The van der Waals surface area contributed by atoms with Gasteiger partial charge in [0.2, 0.25) is 0 Å². The number of carbonyl (C=O) groups is 1. The molecule has 0 aromatic rings. The Labute approximate surface area is 126 Å². The Morgan fingerprint density at radius 3 is 2.36 bits per heavy atom. The number of carbonyl (C=O) groups excluding carboxylic acids is 1. The minimum absolute atomic E-state index is 0.0795. The highest BCUT2D eigenvalue weighted by atomic mass is 19.4. The topological polar surface area (TPSA) is 64.7 Å². The normalized spacial score (nSPS) is 37.2. The predicted octanol–water partition coefficient (Wildman–Crippen LogP) is 3.53. The average molecular weight is 308 g/mol. The summed E-state index contributed by atoms with van der Waals surface area (Å²) in [6, 6.07) is 3.41. The van der Waals surface area contributed by atoms with Crippen molar-refractivity contribution in [1.82, 2.24) is 0 Å². The van der Waals surface area contributed by atoms with Crippen molar-refractivity contribution in [3.63, 3.8) is 0 Å². The molecule has 0 heterocycles. The maximum absolute atomic E-state index is 13.2. The fourth-order valence-corrected chi connectivity index (χ4v) is 4.84. The summed E-state index contributed by atoms with van der Waals surface area (Å²) in [5, 5.41) is 18.1. The van der Waals surface area contributed by atoms with Gasteiger partial charge in [-0.1, -0.05) is 12.8 Å². The van der Waals surface area contributed by atoms with Crippen molar-refractivity contribution in [2.75, 3.05) is 0 Å². The van der Waals surface area contributed by atoms with Crippen molar-refractivity contribution in [2.24, 2.45) is 29.6 Å². The molecule has 3 nitrogen and oxygen atoms in total. The third-order valence-corrected chi connectivity index (χ3v) is 5.62. The van der Waals surface area contributed by atoms with Gasteiger partial charge in [0.05, 0.1) is 5.92 Å². The van der Waals surface area contributed by atoms with Crippen molar-refractivity contribution < 1.29 is 18.0 Å². The summed E-state index contributed by atoms with van der Waals surface area (Å²) < 4.78 is 39.5. The van der Waals surface area contributed by atoms with Crippen LogP contribution in [-0.4, -0.2) is 12.0 Å². The lowest BCUT2D eigenvalue weighted by molar-refractivity contribution is -0.195.